The van der Waals surface area contributed by atoms with Gasteiger partial charge in [-0.3, -0.25) is 4.79 Å². The van der Waals surface area contributed by atoms with Crippen LogP contribution in [0.2, 0.25) is 0 Å². The Kier molecular flexibility index (Phi) is 5.79. The molecule has 2 aromatic carbocycles. The molecule has 0 aliphatic carbocycles. The van der Waals surface area contributed by atoms with Gasteiger partial charge >= 0.3 is 0 Å². The summed E-state index contributed by atoms with van der Waals surface area (Å²) in [6.07, 6.45) is 1.71. The van der Waals surface area contributed by atoms with E-state index in [9.17, 15) is 9.90 Å². The fourth-order valence-corrected chi connectivity index (χ4v) is 3.48. The van der Waals surface area contributed by atoms with Crippen molar-refractivity contribution in [2.45, 2.75) is 6.92 Å². The number of carbonyl (C=O) groups is 1. The Bertz CT molecular complexity index is 960. The highest BCUT2D eigenvalue weighted by atomic mass is 32.2. The van der Waals surface area contributed by atoms with E-state index in [4.69, 9.17) is 14.2 Å². The summed E-state index contributed by atoms with van der Waals surface area (Å²) in [5.74, 6) is 1.25. The van der Waals surface area contributed by atoms with Crippen molar-refractivity contribution in [3.63, 3.8) is 0 Å². The third kappa shape index (κ3) is 4.07. The summed E-state index contributed by atoms with van der Waals surface area (Å²) in [6.45, 7) is 1.90. The van der Waals surface area contributed by atoms with E-state index in [1.54, 1.807) is 36.4 Å². The quantitative estimate of drug-likeness (QED) is 0.745. The molecule has 1 aliphatic heterocycles. The summed E-state index contributed by atoms with van der Waals surface area (Å²) in [5, 5.41) is 13.0. The number of aliphatic imine (C=N–C) groups is 1. The fourth-order valence-electron chi connectivity index (χ4n) is 2.65. The van der Waals surface area contributed by atoms with Crippen LogP contribution >= 0.6 is 11.8 Å². The molecule has 1 saturated heterocycles. The summed E-state index contributed by atoms with van der Waals surface area (Å²) in [4.78, 5) is 17.1. The SMILES string of the molecule is COc1cc(/C=C2\SC(=Nc3cc(C)ccc3O)NC2=O)cc(OC)c1OC. The highest BCUT2D eigenvalue weighted by molar-refractivity contribution is 8.18. The highest BCUT2D eigenvalue weighted by Gasteiger charge is 2.24. The molecule has 0 aromatic heterocycles. The number of hydrogen-bond acceptors (Lipinski definition) is 7. The molecule has 0 bridgehead atoms. The molecule has 0 radical (unpaired) electrons. The molecular weight excluding hydrogens is 380 g/mol. The van der Waals surface area contributed by atoms with Crippen molar-refractivity contribution >= 4 is 34.6 Å². The predicted octanol–water partition coefficient (Wildman–Crippen LogP) is 3.62. The molecule has 2 aromatic rings. The molecule has 0 atom stereocenters. The number of nitrogens with zero attached hydrogens (tertiary/aromatic N) is 1. The number of rotatable bonds is 5. The zero-order valence-electron chi connectivity index (χ0n) is 15.9. The lowest BCUT2D eigenvalue weighted by Gasteiger charge is -2.12. The van der Waals surface area contributed by atoms with E-state index >= 15 is 0 Å². The number of amidine groups is 1. The van der Waals surface area contributed by atoms with Crippen molar-refractivity contribution in [3.8, 4) is 23.0 Å². The third-order valence-electron chi connectivity index (χ3n) is 3.99. The van der Waals surface area contributed by atoms with Gasteiger partial charge in [-0.05, 0) is 60.2 Å². The normalized spacial score (nSPS) is 16.4. The Labute approximate surface area is 167 Å². The standard InChI is InChI=1S/C20H20N2O5S/c1-11-5-6-14(23)13(7-11)21-20-22-19(24)17(28-20)10-12-8-15(25-2)18(27-4)16(9-12)26-3/h5-10,23H,1-4H3,(H,21,22,24)/b17-10-. The lowest BCUT2D eigenvalue weighted by atomic mass is 10.1. The Morgan fingerprint density at radius 3 is 2.36 bits per heavy atom. The van der Waals surface area contributed by atoms with Crippen LogP contribution in [-0.2, 0) is 4.79 Å². The van der Waals surface area contributed by atoms with Gasteiger partial charge in [0.1, 0.15) is 11.4 Å². The summed E-state index contributed by atoms with van der Waals surface area (Å²) in [5.41, 5.74) is 2.07. The number of methoxy groups -OCH3 is 3. The first-order valence-electron chi connectivity index (χ1n) is 8.34. The van der Waals surface area contributed by atoms with Crippen LogP contribution in [0.5, 0.6) is 23.0 Å². The molecule has 0 spiro atoms. The third-order valence-corrected chi connectivity index (χ3v) is 4.90. The first-order chi connectivity index (χ1) is 13.4. The van der Waals surface area contributed by atoms with Crippen molar-refractivity contribution in [3.05, 3.63) is 46.4 Å². The largest absolute Gasteiger partial charge is 0.506 e. The van der Waals surface area contributed by atoms with Gasteiger partial charge < -0.3 is 24.6 Å². The van der Waals surface area contributed by atoms with E-state index in [2.05, 4.69) is 10.3 Å². The van der Waals surface area contributed by atoms with Crippen LogP contribution in [0.3, 0.4) is 0 Å². The molecule has 1 aliphatic rings. The van der Waals surface area contributed by atoms with Gasteiger partial charge in [-0.25, -0.2) is 4.99 Å². The molecule has 8 heteroatoms. The number of hydrogen-bond donors (Lipinski definition) is 2. The number of aromatic hydroxyl groups is 1. The number of aryl methyl sites for hydroxylation is 1. The lowest BCUT2D eigenvalue weighted by molar-refractivity contribution is -0.115. The Morgan fingerprint density at radius 1 is 1.07 bits per heavy atom. The number of phenols is 1. The molecule has 2 N–H and O–H groups in total. The van der Waals surface area contributed by atoms with Gasteiger partial charge in [0.2, 0.25) is 5.75 Å². The first kappa shape index (κ1) is 19.6. The van der Waals surface area contributed by atoms with Crippen molar-refractivity contribution in [1.29, 1.82) is 0 Å². The number of nitrogens with one attached hydrogen (secondary N) is 1. The second-order valence-electron chi connectivity index (χ2n) is 5.93. The summed E-state index contributed by atoms with van der Waals surface area (Å²) >= 11 is 1.19. The number of amides is 1. The number of ether oxygens (including phenoxy) is 3. The number of phenolic OH excluding ortho intramolecular Hbond substituents is 1. The number of thioether (sulfide) groups is 1. The smallest absolute Gasteiger partial charge is 0.264 e. The monoisotopic (exact) mass is 400 g/mol. The van der Waals surface area contributed by atoms with Crippen LogP contribution in [0, 0.1) is 6.92 Å². The average molecular weight is 400 g/mol. The van der Waals surface area contributed by atoms with Crippen LogP contribution < -0.4 is 19.5 Å². The minimum Gasteiger partial charge on any atom is -0.506 e. The van der Waals surface area contributed by atoms with Gasteiger partial charge in [-0.1, -0.05) is 6.07 Å². The maximum absolute atomic E-state index is 12.3. The molecule has 28 heavy (non-hydrogen) atoms. The minimum absolute atomic E-state index is 0.0509. The molecule has 0 unspecified atom stereocenters. The van der Waals surface area contributed by atoms with Gasteiger partial charge in [0, 0.05) is 0 Å². The number of carbonyl (C=O) groups excluding carboxylic acids is 1. The molecular formula is C20H20N2O5S. The maximum atomic E-state index is 12.3. The summed E-state index contributed by atoms with van der Waals surface area (Å²) in [7, 11) is 4.59. The molecule has 0 saturated carbocycles. The van der Waals surface area contributed by atoms with Crippen LogP contribution in [-0.4, -0.2) is 37.5 Å². The van der Waals surface area contributed by atoms with E-state index in [1.807, 2.05) is 6.92 Å². The second-order valence-corrected chi connectivity index (χ2v) is 6.96. The zero-order chi connectivity index (χ0) is 20.3. The Hall–Kier alpha value is -3.13. The topological polar surface area (TPSA) is 89.4 Å². The van der Waals surface area contributed by atoms with Gasteiger partial charge in [0.25, 0.3) is 5.91 Å². The van der Waals surface area contributed by atoms with Gasteiger partial charge in [0.15, 0.2) is 16.7 Å². The molecule has 1 amide bonds. The second kappa shape index (κ2) is 8.26. The van der Waals surface area contributed by atoms with E-state index in [0.29, 0.717) is 38.6 Å². The Balaban J connectivity index is 1.93. The summed E-state index contributed by atoms with van der Waals surface area (Å²) < 4.78 is 16.0. The molecule has 146 valence electrons. The Morgan fingerprint density at radius 2 is 1.75 bits per heavy atom. The van der Waals surface area contributed by atoms with E-state index in [-0.39, 0.29) is 11.7 Å². The molecule has 1 fully saturated rings. The first-order valence-corrected chi connectivity index (χ1v) is 9.16. The maximum Gasteiger partial charge on any atom is 0.264 e. The van der Waals surface area contributed by atoms with E-state index in [0.717, 1.165) is 5.56 Å². The molecule has 3 rings (SSSR count). The van der Waals surface area contributed by atoms with Crippen LogP contribution in [0.4, 0.5) is 5.69 Å². The summed E-state index contributed by atoms with van der Waals surface area (Å²) in [6, 6.07) is 8.61. The van der Waals surface area contributed by atoms with E-state index < -0.39 is 0 Å². The van der Waals surface area contributed by atoms with Gasteiger partial charge in [-0.15, -0.1) is 0 Å². The van der Waals surface area contributed by atoms with Crippen molar-refractivity contribution in [2.75, 3.05) is 21.3 Å². The van der Waals surface area contributed by atoms with Crippen LogP contribution in [0.1, 0.15) is 11.1 Å². The number of benzene rings is 2. The highest BCUT2D eigenvalue weighted by Crippen LogP contribution is 2.39. The van der Waals surface area contributed by atoms with Crippen molar-refractivity contribution in [2.24, 2.45) is 4.99 Å². The van der Waals surface area contributed by atoms with Gasteiger partial charge in [-0.2, -0.15) is 0 Å². The van der Waals surface area contributed by atoms with Gasteiger partial charge in [0.05, 0.1) is 26.2 Å². The zero-order valence-corrected chi connectivity index (χ0v) is 16.7. The average Bonchev–Trinajstić information content (AvgIpc) is 3.02. The van der Waals surface area contributed by atoms with Crippen LogP contribution in [0.15, 0.2) is 40.2 Å². The van der Waals surface area contributed by atoms with Crippen molar-refractivity contribution < 1.29 is 24.1 Å². The van der Waals surface area contributed by atoms with Crippen LogP contribution in [0.25, 0.3) is 6.08 Å². The lowest BCUT2D eigenvalue weighted by Crippen LogP contribution is -2.19. The fraction of sp³-hybridized carbons (Fsp3) is 0.200. The van der Waals surface area contributed by atoms with E-state index in [1.165, 1.54) is 33.1 Å². The minimum atomic E-state index is -0.273. The van der Waals surface area contributed by atoms with Crippen molar-refractivity contribution in [1.82, 2.24) is 5.32 Å². The predicted molar refractivity (Wildman–Crippen MR) is 110 cm³/mol. The molecule has 7 nitrogen and oxygen atoms in total. The molecule has 1 heterocycles.